The highest BCUT2D eigenvalue weighted by molar-refractivity contribution is 5.77. The van der Waals surface area contributed by atoms with Crippen molar-refractivity contribution in [3.05, 3.63) is 23.8 Å². The van der Waals surface area contributed by atoms with Crippen LogP contribution in [0, 0.1) is 11.8 Å². The van der Waals surface area contributed by atoms with Gasteiger partial charge in [0.05, 0.1) is 0 Å². The molecule has 3 atom stereocenters. The Kier molecular flexibility index (Phi) is 12.7. The van der Waals surface area contributed by atoms with Gasteiger partial charge in [0.1, 0.15) is 17.7 Å². The van der Waals surface area contributed by atoms with Crippen LogP contribution in [0.4, 0.5) is 4.79 Å². The Hall–Kier alpha value is -3.14. The van der Waals surface area contributed by atoms with Crippen molar-refractivity contribution in [3.8, 4) is 11.5 Å². The number of nitrogens with two attached hydrogens (primary N) is 1. The lowest BCUT2D eigenvalue weighted by molar-refractivity contribution is -0.139. The highest BCUT2D eigenvalue weighted by Gasteiger charge is 2.31. The van der Waals surface area contributed by atoms with E-state index in [1.165, 1.54) is 12.1 Å². The molecule has 1 aromatic carbocycles. The second kappa shape index (κ2) is 14.7. The normalized spacial score (nSPS) is 14.0. The molecule has 10 heteroatoms. The Morgan fingerprint density at radius 1 is 0.921 bits per heavy atom. The first-order valence-electron chi connectivity index (χ1n) is 13.0. The van der Waals surface area contributed by atoms with Gasteiger partial charge in [0.25, 0.3) is 0 Å². The van der Waals surface area contributed by atoms with Crippen LogP contribution in [0.3, 0.4) is 0 Å². The molecule has 0 saturated carbocycles. The summed E-state index contributed by atoms with van der Waals surface area (Å²) in [7, 11) is 0. The number of hydrogen-bond acceptors (Lipinski definition) is 9. The fourth-order valence-electron chi connectivity index (χ4n) is 3.47. The molecular formula is C28H43NO9. The van der Waals surface area contributed by atoms with Crippen molar-refractivity contribution in [1.29, 1.82) is 0 Å². The van der Waals surface area contributed by atoms with Gasteiger partial charge in [0.2, 0.25) is 0 Å². The van der Waals surface area contributed by atoms with E-state index in [0.29, 0.717) is 12.0 Å². The predicted octanol–water partition coefficient (Wildman–Crippen LogP) is 5.21. The molecule has 2 unspecified atom stereocenters. The number of carboxylic acid groups (broad SMARTS) is 1. The number of esters is 2. The van der Waals surface area contributed by atoms with Gasteiger partial charge in [0.15, 0.2) is 11.5 Å². The zero-order valence-electron chi connectivity index (χ0n) is 23.7. The second-order valence-corrected chi connectivity index (χ2v) is 11.0. The lowest BCUT2D eigenvalue weighted by atomic mass is 9.87. The molecule has 0 saturated heterocycles. The van der Waals surface area contributed by atoms with Crippen LogP contribution in [0.1, 0.15) is 92.6 Å². The third kappa shape index (κ3) is 11.5. The third-order valence-corrected chi connectivity index (χ3v) is 5.81. The number of hydrogen-bond donors (Lipinski definition) is 2. The highest BCUT2D eigenvalue weighted by Crippen LogP contribution is 2.35. The SMILES string of the molecule is CCC(C)(C)OC(=O)OC(C)CC(c1ccc(OC(=O)CC(C)C)c(OC(=O)CC(C)C)c1)[C@H](N)C(=O)O. The van der Waals surface area contributed by atoms with Gasteiger partial charge in [-0.2, -0.15) is 0 Å². The van der Waals surface area contributed by atoms with Crippen molar-refractivity contribution >= 4 is 24.1 Å². The molecule has 0 heterocycles. The topological polar surface area (TPSA) is 151 Å². The van der Waals surface area contributed by atoms with Crippen molar-refractivity contribution in [3.63, 3.8) is 0 Å². The minimum atomic E-state index is -1.36. The van der Waals surface area contributed by atoms with E-state index in [1.807, 2.05) is 34.6 Å². The highest BCUT2D eigenvalue weighted by atomic mass is 16.7. The zero-order valence-corrected chi connectivity index (χ0v) is 23.7. The van der Waals surface area contributed by atoms with Crippen LogP contribution < -0.4 is 15.2 Å². The molecule has 0 spiro atoms. The first kappa shape index (κ1) is 32.9. The number of ether oxygens (including phenoxy) is 4. The Balaban J connectivity index is 3.31. The van der Waals surface area contributed by atoms with E-state index in [1.54, 1.807) is 26.8 Å². The summed E-state index contributed by atoms with van der Waals surface area (Å²) in [5, 5.41) is 9.65. The maximum Gasteiger partial charge on any atom is 0.509 e. The Morgan fingerprint density at radius 3 is 1.92 bits per heavy atom. The number of benzene rings is 1. The zero-order chi connectivity index (χ0) is 29.2. The largest absolute Gasteiger partial charge is 0.509 e. The molecule has 214 valence electrons. The quantitative estimate of drug-likeness (QED) is 0.239. The fourth-order valence-corrected chi connectivity index (χ4v) is 3.47. The van der Waals surface area contributed by atoms with E-state index in [4.69, 9.17) is 24.7 Å². The molecule has 10 nitrogen and oxygen atoms in total. The molecule has 0 bridgehead atoms. The van der Waals surface area contributed by atoms with Gasteiger partial charge >= 0.3 is 24.1 Å². The lowest BCUT2D eigenvalue weighted by Gasteiger charge is -2.27. The van der Waals surface area contributed by atoms with Crippen LogP contribution in [0.2, 0.25) is 0 Å². The van der Waals surface area contributed by atoms with Gasteiger partial charge in [-0.05, 0) is 63.1 Å². The van der Waals surface area contributed by atoms with Crippen LogP contribution >= 0.6 is 0 Å². The monoisotopic (exact) mass is 537 g/mol. The van der Waals surface area contributed by atoms with Crippen molar-refractivity contribution < 1.29 is 43.2 Å². The van der Waals surface area contributed by atoms with Crippen molar-refractivity contribution in [2.24, 2.45) is 17.6 Å². The van der Waals surface area contributed by atoms with Gasteiger partial charge in [-0.25, -0.2) is 4.79 Å². The predicted molar refractivity (Wildman–Crippen MR) is 141 cm³/mol. The molecule has 1 aromatic rings. The molecule has 0 aliphatic rings. The van der Waals surface area contributed by atoms with Crippen molar-refractivity contribution in [1.82, 2.24) is 0 Å². The molecule has 0 aromatic heterocycles. The first-order chi connectivity index (χ1) is 17.5. The summed E-state index contributed by atoms with van der Waals surface area (Å²) in [5.74, 6) is -3.03. The number of carbonyl (C=O) groups is 4. The molecule has 0 aliphatic heterocycles. The maximum atomic E-state index is 12.4. The van der Waals surface area contributed by atoms with Gasteiger partial charge in [-0.3, -0.25) is 14.4 Å². The van der Waals surface area contributed by atoms with Crippen molar-refractivity contribution in [2.75, 3.05) is 0 Å². The molecule has 0 radical (unpaired) electrons. The Morgan fingerprint density at radius 2 is 1.45 bits per heavy atom. The summed E-state index contributed by atoms with van der Waals surface area (Å²) in [4.78, 5) is 48.8. The molecule has 1 rings (SSSR count). The summed E-state index contributed by atoms with van der Waals surface area (Å²) in [6.07, 6.45) is -0.712. The minimum absolute atomic E-state index is 0.0227. The molecule has 0 amide bonds. The number of rotatable bonds is 14. The standard InChI is InChI=1S/C28H43NO9/c1-9-28(7,8)38-27(34)35-18(6)14-20(25(29)26(32)33)19-10-11-21(36-23(30)12-16(2)3)22(15-19)37-24(31)13-17(4)5/h10-11,15-18,20,25H,9,12-14,29H2,1-8H3,(H,32,33)/t18?,20?,25-/m0/s1. The van der Waals surface area contributed by atoms with Crippen LogP contribution in [0.25, 0.3) is 0 Å². The fraction of sp³-hybridized carbons (Fsp3) is 0.643. The summed E-state index contributed by atoms with van der Waals surface area (Å²) in [6, 6.07) is 3.07. The first-order valence-corrected chi connectivity index (χ1v) is 13.0. The van der Waals surface area contributed by atoms with Crippen LogP contribution in [0.5, 0.6) is 11.5 Å². The Labute approximate surface area is 225 Å². The van der Waals surface area contributed by atoms with Crippen molar-refractivity contribution in [2.45, 2.75) is 105 Å². The average molecular weight is 538 g/mol. The van der Waals surface area contributed by atoms with E-state index >= 15 is 0 Å². The van der Waals surface area contributed by atoms with Gasteiger partial charge in [-0.1, -0.05) is 40.7 Å². The molecule has 3 N–H and O–H groups in total. The number of carbonyl (C=O) groups excluding carboxylic acids is 3. The number of aliphatic carboxylic acids is 1. The van der Waals surface area contributed by atoms with Gasteiger partial charge in [0, 0.05) is 18.8 Å². The molecule has 0 fully saturated rings. The average Bonchev–Trinajstić information content (AvgIpc) is 2.76. The molecular weight excluding hydrogens is 494 g/mol. The van der Waals surface area contributed by atoms with E-state index in [9.17, 15) is 24.3 Å². The van der Waals surface area contributed by atoms with E-state index < -0.39 is 47.7 Å². The third-order valence-electron chi connectivity index (χ3n) is 5.81. The van der Waals surface area contributed by atoms with E-state index in [2.05, 4.69) is 0 Å². The maximum absolute atomic E-state index is 12.4. The summed E-state index contributed by atoms with van der Waals surface area (Å²) in [6.45, 7) is 14.4. The smallest absolute Gasteiger partial charge is 0.480 e. The summed E-state index contributed by atoms with van der Waals surface area (Å²) < 4.78 is 21.6. The van der Waals surface area contributed by atoms with Crippen LogP contribution in [-0.4, -0.2) is 46.9 Å². The second-order valence-electron chi connectivity index (χ2n) is 11.0. The Bertz CT molecular complexity index is 971. The van der Waals surface area contributed by atoms with Gasteiger partial charge in [-0.15, -0.1) is 0 Å². The summed E-state index contributed by atoms with van der Waals surface area (Å²) in [5.41, 5.74) is 5.72. The molecule has 38 heavy (non-hydrogen) atoms. The lowest BCUT2D eigenvalue weighted by Crippen LogP contribution is -2.38. The van der Waals surface area contributed by atoms with Crippen LogP contribution in [-0.2, 0) is 23.9 Å². The van der Waals surface area contributed by atoms with E-state index in [-0.39, 0.29) is 42.6 Å². The van der Waals surface area contributed by atoms with Crippen LogP contribution in [0.15, 0.2) is 18.2 Å². The minimum Gasteiger partial charge on any atom is -0.480 e. The summed E-state index contributed by atoms with van der Waals surface area (Å²) >= 11 is 0. The number of carboxylic acids is 1. The molecule has 0 aliphatic carbocycles. The van der Waals surface area contributed by atoms with E-state index in [0.717, 1.165) is 0 Å². The van der Waals surface area contributed by atoms with Gasteiger partial charge < -0.3 is 29.8 Å².